The first-order valence-electron chi connectivity index (χ1n) is 8.03. The van der Waals surface area contributed by atoms with Gasteiger partial charge in [0.1, 0.15) is 5.75 Å². The van der Waals surface area contributed by atoms with E-state index in [4.69, 9.17) is 16.3 Å². The molecular weight excluding hydrogens is 324 g/mol. The number of rotatable bonds is 4. The standard InChI is InChI=1S/C19H21ClN2O2/c1-13(22-10-9-14-5-3-4-6-15(14)12-22)19(23)21-16-7-8-18(24-2)17(20)11-16/h3-8,11,13H,9-10,12H2,1-2H3,(H,21,23). The smallest absolute Gasteiger partial charge is 0.241 e. The van der Waals surface area contributed by atoms with Crippen LogP contribution >= 0.6 is 11.6 Å². The van der Waals surface area contributed by atoms with E-state index in [0.717, 1.165) is 19.5 Å². The molecule has 0 fully saturated rings. The number of carbonyl (C=O) groups excluding carboxylic acids is 1. The van der Waals surface area contributed by atoms with Gasteiger partial charge in [-0.3, -0.25) is 9.69 Å². The molecule has 0 spiro atoms. The first kappa shape index (κ1) is 16.8. The lowest BCUT2D eigenvalue weighted by molar-refractivity contribution is -0.121. The van der Waals surface area contributed by atoms with Crippen molar-refractivity contribution < 1.29 is 9.53 Å². The van der Waals surface area contributed by atoms with Crippen LogP contribution in [-0.4, -0.2) is 30.5 Å². The molecule has 3 rings (SSSR count). The van der Waals surface area contributed by atoms with Crippen LogP contribution in [0.2, 0.25) is 5.02 Å². The van der Waals surface area contributed by atoms with Crippen molar-refractivity contribution in [1.82, 2.24) is 4.90 Å². The van der Waals surface area contributed by atoms with Crippen molar-refractivity contribution in [3.05, 3.63) is 58.6 Å². The Labute approximate surface area is 147 Å². The van der Waals surface area contributed by atoms with Gasteiger partial charge in [0.05, 0.1) is 18.2 Å². The minimum atomic E-state index is -0.209. The topological polar surface area (TPSA) is 41.6 Å². The molecule has 0 aliphatic carbocycles. The van der Waals surface area contributed by atoms with Gasteiger partial charge in [-0.1, -0.05) is 35.9 Å². The molecule has 0 radical (unpaired) electrons. The summed E-state index contributed by atoms with van der Waals surface area (Å²) in [6.45, 7) is 3.62. The lowest BCUT2D eigenvalue weighted by Crippen LogP contribution is -2.44. The number of fused-ring (bicyclic) bond motifs is 1. The number of benzene rings is 2. The SMILES string of the molecule is COc1ccc(NC(=O)C(C)N2CCc3ccccc3C2)cc1Cl. The van der Waals surface area contributed by atoms with E-state index in [1.54, 1.807) is 25.3 Å². The largest absolute Gasteiger partial charge is 0.495 e. The van der Waals surface area contributed by atoms with Crippen molar-refractivity contribution in [2.75, 3.05) is 19.0 Å². The van der Waals surface area contributed by atoms with E-state index in [1.165, 1.54) is 11.1 Å². The van der Waals surface area contributed by atoms with E-state index in [1.807, 2.05) is 13.0 Å². The highest BCUT2D eigenvalue weighted by atomic mass is 35.5. The van der Waals surface area contributed by atoms with Crippen LogP contribution in [-0.2, 0) is 17.8 Å². The summed E-state index contributed by atoms with van der Waals surface area (Å²) in [6, 6.07) is 13.5. The van der Waals surface area contributed by atoms with E-state index in [-0.39, 0.29) is 11.9 Å². The number of amides is 1. The van der Waals surface area contributed by atoms with Gasteiger partial charge < -0.3 is 10.1 Å². The van der Waals surface area contributed by atoms with Crippen molar-refractivity contribution in [3.8, 4) is 5.75 Å². The summed E-state index contributed by atoms with van der Waals surface area (Å²) in [5, 5.41) is 3.42. The third-order valence-electron chi connectivity index (χ3n) is 4.51. The number of anilines is 1. The minimum Gasteiger partial charge on any atom is -0.495 e. The second-order valence-corrected chi connectivity index (χ2v) is 6.41. The van der Waals surface area contributed by atoms with Crippen LogP contribution in [0.1, 0.15) is 18.1 Å². The molecule has 1 aliphatic rings. The molecule has 1 amide bonds. The molecule has 1 N–H and O–H groups in total. The molecule has 1 heterocycles. The molecule has 0 bridgehead atoms. The van der Waals surface area contributed by atoms with Crippen molar-refractivity contribution >= 4 is 23.2 Å². The molecule has 0 saturated heterocycles. The zero-order chi connectivity index (χ0) is 17.1. The first-order valence-corrected chi connectivity index (χ1v) is 8.41. The average molecular weight is 345 g/mol. The Bertz CT molecular complexity index is 748. The summed E-state index contributed by atoms with van der Waals surface area (Å²) < 4.78 is 5.13. The van der Waals surface area contributed by atoms with Crippen LogP contribution in [0.25, 0.3) is 0 Å². The predicted molar refractivity (Wildman–Crippen MR) is 96.7 cm³/mol. The predicted octanol–water partition coefficient (Wildman–Crippen LogP) is 3.73. The normalized spacial score (nSPS) is 15.5. The van der Waals surface area contributed by atoms with Crippen molar-refractivity contribution in [3.63, 3.8) is 0 Å². The Morgan fingerprint density at radius 3 is 2.71 bits per heavy atom. The second kappa shape index (κ2) is 7.24. The first-order chi connectivity index (χ1) is 11.6. The molecule has 1 aliphatic heterocycles. The number of carbonyl (C=O) groups is 1. The number of hydrogen-bond acceptors (Lipinski definition) is 3. The summed E-state index contributed by atoms with van der Waals surface area (Å²) in [5.41, 5.74) is 3.36. The highest BCUT2D eigenvalue weighted by Gasteiger charge is 2.25. The van der Waals surface area contributed by atoms with E-state index >= 15 is 0 Å². The number of nitrogens with one attached hydrogen (secondary N) is 1. The summed E-state index contributed by atoms with van der Waals surface area (Å²) in [4.78, 5) is 14.8. The van der Waals surface area contributed by atoms with Gasteiger partial charge in [0.15, 0.2) is 0 Å². The lowest BCUT2D eigenvalue weighted by Gasteiger charge is -2.32. The molecule has 5 heteroatoms. The van der Waals surface area contributed by atoms with E-state index in [0.29, 0.717) is 16.5 Å². The highest BCUT2D eigenvalue weighted by molar-refractivity contribution is 6.32. The van der Waals surface area contributed by atoms with Crippen LogP contribution in [0, 0.1) is 0 Å². The Morgan fingerprint density at radius 2 is 2.00 bits per heavy atom. The average Bonchev–Trinajstić information content (AvgIpc) is 2.60. The molecular formula is C19H21ClN2O2. The Kier molecular flexibility index (Phi) is 5.07. The van der Waals surface area contributed by atoms with Gasteiger partial charge in [-0.25, -0.2) is 0 Å². The molecule has 24 heavy (non-hydrogen) atoms. The van der Waals surface area contributed by atoms with E-state index in [2.05, 4.69) is 28.4 Å². The highest BCUT2D eigenvalue weighted by Crippen LogP contribution is 2.27. The van der Waals surface area contributed by atoms with Crippen molar-refractivity contribution in [1.29, 1.82) is 0 Å². The molecule has 0 saturated carbocycles. The molecule has 0 aromatic heterocycles. The summed E-state index contributed by atoms with van der Waals surface area (Å²) in [7, 11) is 1.57. The van der Waals surface area contributed by atoms with Crippen LogP contribution in [0.5, 0.6) is 5.75 Å². The quantitative estimate of drug-likeness (QED) is 0.918. The number of methoxy groups -OCH3 is 1. The van der Waals surface area contributed by atoms with Gasteiger partial charge in [-0.05, 0) is 42.7 Å². The van der Waals surface area contributed by atoms with Crippen LogP contribution in [0.15, 0.2) is 42.5 Å². The zero-order valence-electron chi connectivity index (χ0n) is 13.9. The van der Waals surface area contributed by atoms with Gasteiger partial charge in [0.25, 0.3) is 0 Å². The number of ether oxygens (including phenoxy) is 1. The maximum Gasteiger partial charge on any atom is 0.241 e. The van der Waals surface area contributed by atoms with Crippen LogP contribution in [0.3, 0.4) is 0 Å². The number of halogens is 1. The van der Waals surface area contributed by atoms with E-state index in [9.17, 15) is 4.79 Å². The number of hydrogen-bond donors (Lipinski definition) is 1. The van der Waals surface area contributed by atoms with Gasteiger partial charge in [0, 0.05) is 18.8 Å². The Balaban J connectivity index is 1.66. The van der Waals surface area contributed by atoms with Crippen LogP contribution in [0.4, 0.5) is 5.69 Å². The Morgan fingerprint density at radius 1 is 1.25 bits per heavy atom. The third-order valence-corrected chi connectivity index (χ3v) is 4.80. The Hall–Kier alpha value is -2.04. The molecule has 4 nitrogen and oxygen atoms in total. The van der Waals surface area contributed by atoms with Gasteiger partial charge in [0.2, 0.25) is 5.91 Å². The fourth-order valence-corrected chi connectivity index (χ4v) is 3.26. The lowest BCUT2D eigenvalue weighted by atomic mass is 9.99. The minimum absolute atomic E-state index is 0.0318. The molecule has 1 atom stereocenters. The molecule has 1 unspecified atom stereocenters. The summed E-state index contributed by atoms with van der Waals surface area (Å²) in [5.74, 6) is 0.561. The molecule has 2 aromatic rings. The summed E-state index contributed by atoms with van der Waals surface area (Å²) >= 11 is 6.11. The van der Waals surface area contributed by atoms with Crippen molar-refractivity contribution in [2.24, 2.45) is 0 Å². The van der Waals surface area contributed by atoms with Gasteiger partial charge >= 0.3 is 0 Å². The van der Waals surface area contributed by atoms with Gasteiger partial charge in [-0.2, -0.15) is 0 Å². The monoisotopic (exact) mass is 344 g/mol. The molecule has 2 aromatic carbocycles. The fraction of sp³-hybridized carbons (Fsp3) is 0.316. The zero-order valence-corrected chi connectivity index (χ0v) is 14.6. The van der Waals surface area contributed by atoms with Gasteiger partial charge in [-0.15, -0.1) is 0 Å². The second-order valence-electron chi connectivity index (χ2n) is 6.00. The summed E-state index contributed by atoms with van der Waals surface area (Å²) in [6.07, 6.45) is 0.974. The van der Waals surface area contributed by atoms with Crippen molar-refractivity contribution in [2.45, 2.75) is 25.9 Å². The molecule has 126 valence electrons. The third kappa shape index (κ3) is 3.55. The van der Waals surface area contributed by atoms with E-state index < -0.39 is 0 Å². The van der Waals surface area contributed by atoms with Crippen LogP contribution < -0.4 is 10.1 Å². The fourth-order valence-electron chi connectivity index (χ4n) is 3.00. The maximum absolute atomic E-state index is 12.6. The maximum atomic E-state index is 12.6. The number of nitrogens with zero attached hydrogens (tertiary/aromatic N) is 1.